The molecule has 2 N–H and O–H groups in total. The number of hydrogen-bond donors (Lipinski definition) is 2. The van der Waals surface area contributed by atoms with Crippen molar-refractivity contribution in [2.45, 2.75) is 20.3 Å². The molecule has 1 amide bonds. The molecule has 5 heteroatoms. The third kappa shape index (κ3) is 5.12. The van der Waals surface area contributed by atoms with Gasteiger partial charge >= 0.3 is 0 Å². The highest BCUT2D eigenvalue weighted by molar-refractivity contribution is 5.95. The van der Waals surface area contributed by atoms with Crippen LogP contribution in [0.1, 0.15) is 30.6 Å². The number of benzene rings is 2. The molecular weight excluding hydrogens is 304 g/mol. The van der Waals surface area contributed by atoms with E-state index in [1.807, 2.05) is 43.3 Å². The van der Waals surface area contributed by atoms with Crippen molar-refractivity contribution in [2.75, 3.05) is 23.8 Å². The summed E-state index contributed by atoms with van der Waals surface area (Å²) in [6.07, 6.45) is 0.310. The zero-order valence-electron chi connectivity index (χ0n) is 14.0. The van der Waals surface area contributed by atoms with Crippen molar-refractivity contribution in [2.24, 2.45) is 0 Å². The molecule has 0 radical (unpaired) electrons. The summed E-state index contributed by atoms with van der Waals surface area (Å²) in [4.78, 5) is 23.4. The number of ether oxygens (including phenoxy) is 1. The van der Waals surface area contributed by atoms with E-state index in [2.05, 4.69) is 10.6 Å². The lowest BCUT2D eigenvalue weighted by Gasteiger charge is -2.12. The maximum Gasteiger partial charge on any atom is 0.226 e. The molecule has 0 bridgehead atoms. The van der Waals surface area contributed by atoms with Crippen LogP contribution in [0.4, 0.5) is 11.4 Å². The van der Waals surface area contributed by atoms with Crippen LogP contribution in [-0.4, -0.2) is 24.8 Å². The molecule has 0 saturated carbocycles. The first-order valence-electron chi connectivity index (χ1n) is 7.96. The van der Waals surface area contributed by atoms with Gasteiger partial charge in [-0.25, -0.2) is 0 Å². The first-order valence-corrected chi connectivity index (χ1v) is 7.96. The first kappa shape index (κ1) is 17.5. The molecule has 0 aliphatic heterocycles. The fourth-order valence-electron chi connectivity index (χ4n) is 2.23. The molecule has 0 fully saturated rings. The standard InChI is InChI=1S/C19H22N2O3/c1-3-24-18-10-5-4-9-17(18)21-19(23)11-12-20-16-8-6-7-15(13-16)14(2)22/h4-10,13,20H,3,11-12H2,1-2H3,(H,21,23). The van der Waals surface area contributed by atoms with E-state index in [0.717, 1.165) is 5.69 Å². The lowest BCUT2D eigenvalue weighted by atomic mass is 10.1. The third-order valence-electron chi connectivity index (χ3n) is 3.41. The minimum Gasteiger partial charge on any atom is -0.492 e. The Bertz CT molecular complexity index is 713. The number of amides is 1. The molecule has 0 unspecified atom stereocenters. The van der Waals surface area contributed by atoms with Crippen LogP contribution >= 0.6 is 0 Å². The molecule has 2 aromatic carbocycles. The molecular formula is C19H22N2O3. The van der Waals surface area contributed by atoms with Crippen molar-refractivity contribution in [3.05, 3.63) is 54.1 Å². The largest absolute Gasteiger partial charge is 0.492 e. The summed E-state index contributed by atoms with van der Waals surface area (Å²) < 4.78 is 5.48. The van der Waals surface area contributed by atoms with Gasteiger partial charge in [-0.1, -0.05) is 24.3 Å². The molecule has 0 saturated heterocycles. The molecule has 0 aliphatic carbocycles. The molecule has 2 rings (SSSR count). The summed E-state index contributed by atoms with van der Waals surface area (Å²) in [6, 6.07) is 14.6. The third-order valence-corrected chi connectivity index (χ3v) is 3.41. The van der Waals surface area contributed by atoms with Crippen LogP contribution in [0.25, 0.3) is 0 Å². The van der Waals surface area contributed by atoms with E-state index in [1.54, 1.807) is 12.1 Å². The molecule has 0 heterocycles. The van der Waals surface area contributed by atoms with Crippen molar-refractivity contribution in [3.8, 4) is 5.75 Å². The quantitative estimate of drug-likeness (QED) is 0.725. The minimum atomic E-state index is -0.0997. The monoisotopic (exact) mass is 326 g/mol. The maximum absolute atomic E-state index is 12.1. The second kappa shape index (κ2) is 8.72. The Balaban J connectivity index is 1.86. The number of Topliss-reactive ketones (excluding diaryl/α,β-unsaturated/α-hetero) is 1. The number of anilines is 2. The van der Waals surface area contributed by atoms with E-state index in [9.17, 15) is 9.59 Å². The molecule has 5 nitrogen and oxygen atoms in total. The summed E-state index contributed by atoms with van der Waals surface area (Å²) in [5.74, 6) is 0.580. The highest BCUT2D eigenvalue weighted by Crippen LogP contribution is 2.23. The van der Waals surface area contributed by atoms with Gasteiger partial charge in [0.15, 0.2) is 5.78 Å². The molecule has 0 atom stereocenters. The van der Waals surface area contributed by atoms with Crippen molar-refractivity contribution < 1.29 is 14.3 Å². The Morgan fingerprint density at radius 3 is 2.62 bits per heavy atom. The highest BCUT2D eigenvalue weighted by atomic mass is 16.5. The van der Waals surface area contributed by atoms with Gasteiger partial charge in [0.1, 0.15) is 5.75 Å². The molecule has 0 aromatic heterocycles. The van der Waals surface area contributed by atoms with E-state index in [4.69, 9.17) is 4.74 Å². The summed E-state index contributed by atoms with van der Waals surface area (Å²) >= 11 is 0. The average Bonchev–Trinajstić information content (AvgIpc) is 2.57. The normalized spacial score (nSPS) is 10.1. The van der Waals surface area contributed by atoms with Gasteiger partial charge in [-0.2, -0.15) is 0 Å². The Labute approximate surface area is 142 Å². The molecule has 2 aromatic rings. The SMILES string of the molecule is CCOc1ccccc1NC(=O)CCNc1cccc(C(C)=O)c1. The van der Waals surface area contributed by atoms with Crippen LogP contribution in [0.15, 0.2) is 48.5 Å². The summed E-state index contributed by atoms with van der Waals surface area (Å²) in [6.45, 7) is 4.45. The van der Waals surface area contributed by atoms with Crippen LogP contribution in [-0.2, 0) is 4.79 Å². The molecule has 126 valence electrons. The Morgan fingerprint density at radius 2 is 1.88 bits per heavy atom. The first-order chi connectivity index (χ1) is 11.6. The smallest absolute Gasteiger partial charge is 0.226 e. The molecule has 0 aliphatic rings. The van der Waals surface area contributed by atoms with Gasteiger partial charge < -0.3 is 15.4 Å². The van der Waals surface area contributed by atoms with Crippen LogP contribution in [0.2, 0.25) is 0 Å². The zero-order chi connectivity index (χ0) is 17.4. The number of rotatable bonds is 8. The number of carbonyl (C=O) groups is 2. The van der Waals surface area contributed by atoms with Gasteiger partial charge in [-0.15, -0.1) is 0 Å². The van der Waals surface area contributed by atoms with Gasteiger partial charge in [0.25, 0.3) is 0 Å². The van der Waals surface area contributed by atoms with Crippen molar-refractivity contribution in [1.82, 2.24) is 0 Å². The fraction of sp³-hybridized carbons (Fsp3) is 0.263. The lowest BCUT2D eigenvalue weighted by Crippen LogP contribution is -2.17. The van der Waals surface area contributed by atoms with Crippen molar-refractivity contribution >= 4 is 23.1 Å². The summed E-state index contributed by atoms with van der Waals surface area (Å²) in [7, 11) is 0. The topological polar surface area (TPSA) is 67.4 Å². The fourth-order valence-corrected chi connectivity index (χ4v) is 2.23. The number of hydrogen-bond acceptors (Lipinski definition) is 4. The van der Waals surface area contributed by atoms with Gasteiger partial charge in [-0.3, -0.25) is 9.59 Å². The van der Waals surface area contributed by atoms with Gasteiger partial charge in [-0.05, 0) is 38.1 Å². The van der Waals surface area contributed by atoms with E-state index >= 15 is 0 Å². The van der Waals surface area contributed by atoms with Crippen LogP contribution in [0, 0.1) is 0 Å². The van der Waals surface area contributed by atoms with Crippen LogP contribution in [0.5, 0.6) is 5.75 Å². The van der Waals surface area contributed by atoms with E-state index in [1.165, 1.54) is 6.92 Å². The number of carbonyl (C=O) groups excluding carboxylic acids is 2. The number of ketones is 1. The van der Waals surface area contributed by atoms with Gasteiger partial charge in [0.05, 0.1) is 12.3 Å². The van der Waals surface area contributed by atoms with E-state index < -0.39 is 0 Å². The number of para-hydroxylation sites is 2. The average molecular weight is 326 g/mol. The second-order valence-corrected chi connectivity index (χ2v) is 5.29. The summed E-state index contributed by atoms with van der Waals surface area (Å²) in [5.41, 5.74) is 2.14. The molecule has 24 heavy (non-hydrogen) atoms. The Hall–Kier alpha value is -2.82. The minimum absolute atomic E-state index is 0.0175. The van der Waals surface area contributed by atoms with Crippen molar-refractivity contribution in [1.29, 1.82) is 0 Å². The van der Waals surface area contributed by atoms with Crippen molar-refractivity contribution in [3.63, 3.8) is 0 Å². The summed E-state index contributed by atoms with van der Waals surface area (Å²) in [5, 5.41) is 6.01. The Kier molecular flexibility index (Phi) is 6.37. The predicted octanol–water partition coefficient (Wildman–Crippen LogP) is 3.73. The highest BCUT2D eigenvalue weighted by Gasteiger charge is 2.07. The molecule has 0 spiro atoms. The van der Waals surface area contributed by atoms with Gasteiger partial charge in [0.2, 0.25) is 5.91 Å². The van der Waals surface area contributed by atoms with E-state index in [-0.39, 0.29) is 11.7 Å². The second-order valence-electron chi connectivity index (χ2n) is 5.29. The predicted molar refractivity (Wildman–Crippen MR) is 95.8 cm³/mol. The Morgan fingerprint density at radius 1 is 1.08 bits per heavy atom. The van der Waals surface area contributed by atoms with Crippen LogP contribution < -0.4 is 15.4 Å². The van der Waals surface area contributed by atoms with Gasteiger partial charge in [0, 0.05) is 24.2 Å². The number of nitrogens with one attached hydrogen (secondary N) is 2. The maximum atomic E-state index is 12.1. The zero-order valence-corrected chi connectivity index (χ0v) is 14.0. The van der Waals surface area contributed by atoms with Crippen LogP contribution in [0.3, 0.4) is 0 Å². The van der Waals surface area contributed by atoms with E-state index in [0.29, 0.717) is 36.6 Å². The lowest BCUT2D eigenvalue weighted by molar-refractivity contribution is -0.116.